The van der Waals surface area contributed by atoms with Crippen LogP contribution in [0.2, 0.25) is 0 Å². The molecule has 0 aliphatic rings. The lowest BCUT2D eigenvalue weighted by molar-refractivity contribution is 0.414. The first-order chi connectivity index (χ1) is 10.1. The molecule has 2 rings (SSSR count). The van der Waals surface area contributed by atoms with Crippen molar-refractivity contribution in [3.8, 4) is 5.75 Å². The predicted molar refractivity (Wildman–Crippen MR) is 91.9 cm³/mol. The number of methoxy groups -OCH3 is 1. The maximum absolute atomic E-state index is 5.19. The van der Waals surface area contributed by atoms with Crippen molar-refractivity contribution in [2.75, 3.05) is 7.11 Å². The molecule has 0 bridgehead atoms. The largest absolute Gasteiger partial charge is 0.497 e. The SMILES string of the molecule is COc1ccc(CC(C)NC(C)c2ccccc2Br)cc1. The topological polar surface area (TPSA) is 21.3 Å². The van der Waals surface area contributed by atoms with Crippen molar-refractivity contribution in [2.24, 2.45) is 0 Å². The van der Waals surface area contributed by atoms with Crippen molar-refractivity contribution in [1.82, 2.24) is 5.32 Å². The van der Waals surface area contributed by atoms with Gasteiger partial charge in [0.15, 0.2) is 0 Å². The first kappa shape index (κ1) is 16.1. The predicted octanol–water partition coefficient (Wildman–Crippen LogP) is 4.74. The molecule has 1 N–H and O–H groups in total. The molecule has 2 nitrogen and oxygen atoms in total. The van der Waals surface area contributed by atoms with Crippen LogP contribution in [0.1, 0.15) is 31.0 Å². The van der Waals surface area contributed by atoms with Crippen molar-refractivity contribution in [2.45, 2.75) is 32.4 Å². The first-order valence-corrected chi connectivity index (χ1v) is 8.03. The van der Waals surface area contributed by atoms with Gasteiger partial charge in [-0.2, -0.15) is 0 Å². The lowest BCUT2D eigenvalue weighted by Crippen LogP contribution is -2.30. The monoisotopic (exact) mass is 347 g/mol. The summed E-state index contributed by atoms with van der Waals surface area (Å²) in [6.07, 6.45) is 0.999. The van der Waals surface area contributed by atoms with Gasteiger partial charge in [0.2, 0.25) is 0 Å². The van der Waals surface area contributed by atoms with Crippen LogP contribution in [0, 0.1) is 0 Å². The van der Waals surface area contributed by atoms with Gasteiger partial charge in [0.25, 0.3) is 0 Å². The Hall–Kier alpha value is -1.32. The molecule has 3 heteroatoms. The van der Waals surface area contributed by atoms with Crippen LogP contribution >= 0.6 is 15.9 Å². The van der Waals surface area contributed by atoms with Gasteiger partial charge >= 0.3 is 0 Å². The van der Waals surface area contributed by atoms with Crippen molar-refractivity contribution in [1.29, 1.82) is 0 Å². The second-order valence-electron chi connectivity index (χ2n) is 5.36. The van der Waals surface area contributed by atoms with E-state index in [2.05, 4.69) is 65.4 Å². The van der Waals surface area contributed by atoms with E-state index in [1.165, 1.54) is 11.1 Å². The van der Waals surface area contributed by atoms with E-state index in [0.29, 0.717) is 12.1 Å². The summed E-state index contributed by atoms with van der Waals surface area (Å²) in [7, 11) is 1.69. The zero-order valence-corrected chi connectivity index (χ0v) is 14.4. The highest BCUT2D eigenvalue weighted by molar-refractivity contribution is 9.10. The molecule has 0 saturated carbocycles. The molecule has 0 fully saturated rings. The van der Waals surface area contributed by atoms with E-state index >= 15 is 0 Å². The van der Waals surface area contributed by atoms with Gasteiger partial charge in [0.05, 0.1) is 7.11 Å². The second kappa shape index (κ2) is 7.62. The Labute approximate surface area is 135 Å². The zero-order chi connectivity index (χ0) is 15.2. The van der Waals surface area contributed by atoms with Crippen molar-refractivity contribution >= 4 is 15.9 Å². The third kappa shape index (κ3) is 4.58. The Morgan fingerprint density at radius 3 is 2.33 bits per heavy atom. The standard InChI is InChI=1S/C18H22BrNO/c1-13(12-15-8-10-16(21-3)11-9-15)20-14(2)17-6-4-5-7-18(17)19/h4-11,13-14,20H,12H2,1-3H3. The van der Waals surface area contributed by atoms with Crippen LogP contribution in [0.25, 0.3) is 0 Å². The minimum absolute atomic E-state index is 0.314. The molecule has 0 heterocycles. The van der Waals surface area contributed by atoms with Gasteiger partial charge in [0, 0.05) is 16.6 Å². The van der Waals surface area contributed by atoms with Crippen LogP contribution in [0.5, 0.6) is 5.75 Å². The maximum atomic E-state index is 5.19. The quantitative estimate of drug-likeness (QED) is 0.814. The van der Waals surface area contributed by atoms with Crippen molar-refractivity contribution in [3.63, 3.8) is 0 Å². The van der Waals surface area contributed by atoms with Gasteiger partial charge in [-0.3, -0.25) is 0 Å². The molecular formula is C18H22BrNO. The summed E-state index contributed by atoms with van der Waals surface area (Å²) in [6, 6.07) is 17.4. The number of nitrogens with one attached hydrogen (secondary N) is 1. The Kier molecular flexibility index (Phi) is 5.83. The Balaban J connectivity index is 1.94. The summed E-state index contributed by atoms with van der Waals surface area (Å²) in [6.45, 7) is 4.42. The summed E-state index contributed by atoms with van der Waals surface area (Å²) in [5, 5.41) is 3.65. The Morgan fingerprint density at radius 1 is 1.05 bits per heavy atom. The second-order valence-corrected chi connectivity index (χ2v) is 6.22. The zero-order valence-electron chi connectivity index (χ0n) is 12.8. The normalized spacial score (nSPS) is 13.7. The number of hydrogen-bond acceptors (Lipinski definition) is 2. The van der Waals surface area contributed by atoms with Crippen LogP contribution in [-0.4, -0.2) is 13.2 Å². The lowest BCUT2D eigenvalue weighted by Gasteiger charge is -2.21. The molecule has 112 valence electrons. The molecule has 0 aromatic heterocycles. The van der Waals surface area contributed by atoms with E-state index < -0.39 is 0 Å². The van der Waals surface area contributed by atoms with Gasteiger partial charge < -0.3 is 10.1 Å². The summed E-state index contributed by atoms with van der Waals surface area (Å²) < 4.78 is 6.34. The third-order valence-electron chi connectivity index (χ3n) is 3.61. The van der Waals surface area contributed by atoms with Gasteiger partial charge in [-0.25, -0.2) is 0 Å². The molecule has 2 atom stereocenters. The number of benzene rings is 2. The highest BCUT2D eigenvalue weighted by Gasteiger charge is 2.12. The van der Waals surface area contributed by atoms with E-state index in [1.807, 2.05) is 18.2 Å². The molecule has 2 aromatic rings. The summed E-state index contributed by atoms with van der Waals surface area (Å²) in [5.41, 5.74) is 2.61. The lowest BCUT2D eigenvalue weighted by atomic mass is 10.0. The molecule has 2 aromatic carbocycles. The number of ether oxygens (including phenoxy) is 1. The Morgan fingerprint density at radius 2 is 1.71 bits per heavy atom. The third-order valence-corrected chi connectivity index (χ3v) is 4.33. The van der Waals surface area contributed by atoms with Gasteiger partial charge in [0.1, 0.15) is 5.75 Å². The summed E-state index contributed by atoms with van der Waals surface area (Å²) in [4.78, 5) is 0. The average Bonchev–Trinajstić information content (AvgIpc) is 2.48. The molecule has 0 radical (unpaired) electrons. The molecule has 0 spiro atoms. The summed E-state index contributed by atoms with van der Waals surface area (Å²) >= 11 is 3.62. The molecule has 0 aliphatic heterocycles. The van der Waals surface area contributed by atoms with E-state index in [1.54, 1.807) is 7.11 Å². The van der Waals surface area contributed by atoms with Crippen molar-refractivity contribution < 1.29 is 4.74 Å². The Bertz CT molecular complexity index is 568. The van der Waals surface area contributed by atoms with Gasteiger partial charge in [-0.15, -0.1) is 0 Å². The van der Waals surface area contributed by atoms with E-state index in [-0.39, 0.29) is 0 Å². The van der Waals surface area contributed by atoms with Crippen LogP contribution in [-0.2, 0) is 6.42 Å². The number of hydrogen-bond donors (Lipinski definition) is 1. The summed E-state index contributed by atoms with van der Waals surface area (Å²) in [5.74, 6) is 0.904. The van der Waals surface area contributed by atoms with Crippen LogP contribution in [0.4, 0.5) is 0 Å². The molecule has 0 saturated heterocycles. The fraction of sp³-hybridized carbons (Fsp3) is 0.333. The molecule has 2 unspecified atom stereocenters. The molecule has 0 aliphatic carbocycles. The molecule has 21 heavy (non-hydrogen) atoms. The molecule has 0 amide bonds. The smallest absolute Gasteiger partial charge is 0.118 e. The minimum Gasteiger partial charge on any atom is -0.497 e. The van der Waals surface area contributed by atoms with Gasteiger partial charge in [-0.1, -0.05) is 46.3 Å². The maximum Gasteiger partial charge on any atom is 0.118 e. The highest BCUT2D eigenvalue weighted by Crippen LogP contribution is 2.23. The van der Waals surface area contributed by atoms with Crippen molar-refractivity contribution in [3.05, 3.63) is 64.1 Å². The van der Waals surface area contributed by atoms with Gasteiger partial charge in [-0.05, 0) is 49.6 Å². The highest BCUT2D eigenvalue weighted by atomic mass is 79.9. The number of rotatable bonds is 6. The van der Waals surface area contributed by atoms with E-state index in [4.69, 9.17) is 4.74 Å². The fourth-order valence-electron chi connectivity index (χ4n) is 2.52. The van der Waals surface area contributed by atoms with Crippen LogP contribution < -0.4 is 10.1 Å². The first-order valence-electron chi connectivity index (χ1n) is 7.23. The van der Waals surface area contributed by atoms with E-state index in [9.17, 15) is 0 Å². The average molecular weight is 348 g/mol. The van der Waals surface area contributed by atoms with Crippen LogP contribution in [0.15, 0.2) is 53.0 Å². The van der Waals surface area contributed by atoms with E-state index in [0.717, 1.165) is 16.6 Å². The van der Waals surface area contributed by atoms with Crippen LogP contribution in [0.3, 0.4) is 0 Å². The number of halogens is 1. The minimum atomic E-state index is 0.314. The molecular weight excluding hydrogens is 326 g/mol. The fourth-order valence-corrected chi connectivity index (χ4v) is 3.15.